The molecule has 36 heavy (non-hydrogen) atoms. The molecule has 1 fully saturated rings. The maximum Gasteiger partial charge on any atom is 0.271 e. The topological polar surface area (TPSA) is 129 Å². The second-order valence-electron chi connectivity index (χ2n) is 10.1. The average molecular weight is 534 g/mol. The van der Waals surface area contributed by atoms with E-state index in [1.807, 2.05) is 40.7 Å². The molecule has 0 bridgehead atoms. The maximum absolute atomic E-state index is 13.0. The van der Waals surface area contributed by atoms with Gasteiger partial charge in [0.1, 0.15) is 17.4 Å². The lowest BCUT2D eigenvalue weighted by Crippen LogP contribution is -2.60. The number of nitrogens with zero attached hydrogens (tertiary/aromatic N) is 3. The van der Waals surface area contributed by atoms with Crippen LogP contribution in [0.15, 0.2) is 24.8 Å². The number of anilines is 1. The molecule has 3 rings (SSSR count). The minimum atomic E-state index is -0.366. The maximum atomic E-state index is 13.0. The third-order valence-corrected chi connectivity index (χ3v) is 6.59. The molecule has 9 nitrogen and oxygen atoms in total. The van der Waals surface area contributed by atoms with Gasteiger partial charge in [-0.2, -0.15) is 0 Å². The molecule has 0 aliphatic carbocycles. The molecule has 0 atom stereocenters. The summed E-state index contributed by atoms with van der Waals surface area (Å²) in [5, 5.41) is 15.2. The van der Waals surface area contributed by atoms with Crippen LogP contribution in [-0.4, -0.2) is 51.2 Å². The van der Waals surface area contributed by atoms with Crippen molar-refractivity contribution < 1.29 is 9.59 Å². The third-order valence-electron chi connectivity index (χ3n) is 6.02. The summed E-state index contributed by atoms with van der Waals surface area (Å²) in [6.45, 7) is 14.4. The molecule has 0 saturated carbocycles. The van der Waals surface area contributed by atoms with Gasteiger partial charge in [-0.15, -0.1) is 0 Å². The monoisotopic (exact) mass is 533 g/mol. The molecule has 1 saturated heterocycles. The van der Waals surface area contributed by atoms with Crippen LogP contribution in [0.2, 0.25) is 10.2 Å². The molecule has 1 aromatic carbocycles. The van der Waals surface area contributed by atoms with Crippen molar-refractivity contribution in [3.63, 3.8) is 0 Å². The zero-order valence-electron chi connectivity index (χ0n) is 21.2. The number of amides is 2. The molecule has 2 amide bonds. The normalized spacial score (nSPS) is 13.9. The quantitative estimate of drug-likeness (QED) is 0.185. The molecule has 1 aromatic heterocycles. The Morgan fingerprint density at radius 2 is 1.94 bits per heavy atom. The Balaban J connectivity index is 1.77. The van der Waals surface area contributed by atoms with Crippen LogP contribution in [0.3, 0.4) is 0 Å². The Kier molecular flexibility index (Phi) is 8.05. The molecule has 0 spiro atoms. The standard InChI is InChI=1S/C25H33Cl2N7O2/c1-7-20(35)33-11-14(12-33)31-24(36)21-22(27)32-19(34(21)13(2)3)10-30-23(29)15-8-16(25(4,5)6)17(26)9-18(15)28/h7-9,13-14H,1,10-12,28H2,2-6H3,(H2,29,30)(H,31,36). The van der Waals surface area contributed by atoms with Crippen LogP contribution in [0.1, 0.15) is 68.1 Å². The van der Waals surface area contributed by atoms with Gasteiger partial charge in [0.25, 0.3) is 5.91 Å². The Morgan fingerprint density at radius 1 is 1.31 bits per heavy atom. The second-order valence-corrected chi connectivity index (χ2v) is 10.9. The first kappa shape index (κ1) is 27.5. The number of nitrogens with one attached hydrogen (secondary N) is 3. The first-order chi connectivity index (χ1) is 16.7. The summed E-state index contributed by atoms with van der Waals surface area (Å²) in [5.74, 6) is 0.0783. The van der Waals surface area contributed by atoms with Gasteiger partial charge in [-0.1, -0.05) is 50.6 Å². The summed E-state index contributed by atoms with van der Waals surface area (Å²) < 4.78 is 1.75. The summed E-state index contributed by atoms with van der Waals surface area (Å²) in [4.78, 5) is 30.7. The summed E-state index contributed by atoms with van der Waals surface area (Å²) in [6, 6.07) is 3.19. The van der Waals surface area contributed by atoms with E-state index in [4.69, 9.17) is 34.3 Å². The van der Waals surface area contributed by atoms with Crippen molar-refractivity contribution in [3.8, 4) is 0 Å². The number of carbonyl (C=O) groups is 2. The molecule has 11 heteroatoms. The summed E-state index contributed by atoms with van der Waals surface area (Å²) in [7, 11) is 0. The largest absolute Gasteiger partial charge is 0.398 e. The number of nitrogens with two attached hydrogens (primary N) is 1. The molecule has 1 aliphatic rings. The number of amidine groups is 1. The number of hydrogen-bond acceptors (Lipinski definition) is 5. The van der Waals surface area contributed by atoms with Gasteiger partial charge in [0.15, 0.2) is 5.15 Å². The number of halogens is 2. The highest BCUT2D eigenvalue weighted by Crippen LogP contribution is 2.33. The number of aromatic nitrogens is 2. The lowest BCUT2D eigenvalue weighted by Gasteiger charge is -2.38. The second kappa shape index (κ2) is 10.5. The van der Waals surface area contributed by atoms with Gasteiger partial charge < -0.3 is 25.8 Å². The van der Waals surface area contributed by atoms with Crippen LogP contribution in [0.5, 0.6) is 0 Å². The molecular weight excluding hydrogens is 501 g/mol. The SMILES string of the molecule is C=CC(=O)N1CC(NC(=O)c2c(Cl)nc(CNC(=N)c3cc(C(C)(C)C)c(Cl)cc3N)n2C(C)C)C1. The molecule has 0 unspecified atom stereocenters. The number of rotatable bonds is 7. The zero-order valence-corrected chi connectivity index (χ0v) is 22.7. The lowest BCUT2D eigenvalue weighted by atomic mass is 9.85. The fourth-order valence-electron chi connectivity index (χ4n) is 4.11. The van der Waals surface area contributed by atoms with E-state index in [0.717, 1.165) is 5.56 Å². The molecule has 194 valence electrons. The third kappa shape index (κ3) is 5.68. The van der Waals surface area contributed by atoms with Gasteiger partial charge in [-0.3, -0.25) is 15.0 Å². The van der Waals surface area contributed by atoms with Gasteiger partial charge in [0.05, 0.1) is 12.6 Å². The summed E-state index contributed by atoms with van der Waals surface area (Å²) >= 11 is 12.8. The van der Waals surface area contributed by atoms with Crippen LogP contribution in [0, 0.1) is 5.41 Å². The van der Waals surface area contributed by atoms with Gasteiger partial charge >= 0.3 is 0 Å². The Labute approximate surface area is 221 Å². The van der Waals surface area contributed by atoms with E-state index in [1.54, 1.807) is 15.5 Å². The van der Waals surface area contributed by atoms with Crippen LogP contribution in [0.25, 0.3) is 0 Å². The summed E-state index contributed by atoms with van der Waals surface area (Å²) in [6.07, 6.45) is 1.25. The van der Waals surface area contributed by atoms with Crippen LogP contribution in [0.4, 0.5) is 5.69 Å². The minimum absolute atomic E-state index is 0.0731. The summed E-state index contributed by atoms with van der Waals surface area (Å²) in [5.41, 5.74) is 7.98. The number of nitrogen functional groups attached to an aromatic ring is 1. The molecule has 1 aliphatic heterocycles. The highest BCUT2D eigenvalue weighted by molar-refractivity contribution is 6.32. The van der Waals surface area contributed by atoms with Gasteiger partial charge in [0, 0.05) is 35.4 Å². The van der Waals surface area contributed by atoms with Crippen molar-refractivity contribution in [3.05, 3.63) is 57.6 Å². The smallest absolute Gasteiger partial charge is 0.271 e. The van der Waals surface area contributed by atoms with Crippen molar-refractivity contribution >= 4 is 46.5 Å². The van der Waals surface area contributed by atoms with Gasteiger partial charge in [0.2, 0.25) is 5.91 Å². The number of benzene rings is 1. The van der Waals surface area contributed by atoms with E-state index in [0.29, 0.717) is 35.2 Å². The predicted octanol–water partition coefficient (Wildman–Crippen LogP) is 3.89. The fraction of sp³-hybridized carbons (Fsp3) is 0.440. The number of carbonyl (C=O) groups excluding carboxylic acids is 2. The zero-order chi connectivity index (χ0) is 26.9. The van der Waals surface area contributed by atoms with Crippen LogP contribution < -0.4 is 16.4 Å². The molecule has 0 radical (unpaired) electrons. The van der Waals surface area contributed by atoms with E-state index in [1.165, 1.54) is 6.08 Å². The van der Waals surface area contributed by atoms with E-state index >= 15 is 0 Å². The fourth-order valence-corrected chi connectivity index (χ4v) is 4.84. The average Bonchev–Trinajstić information content (AvgIpc) is 3.09. The highest BCUT2D eigenvalue weighted by Gasteiger charge is 2.33. The Morgan fingerprint density at radius 3 is 2.50 bits per heavy atom. The Bertz CT molecular complexity index is 1210. The lowest BCUT2D eigenvalue weighted by molar-refractivity contribution is -0.130. The van der Waals surface area contributed by atoms with Crippen LogP contribution >= 0.6 is 23.2 Å². The van der Waals surface area contributed by atoms with E-state index in [-0.39, 0.29) is 52.5 Å². The van der Waals surface area contributed by atoms with Crippen molar-refractivity contribution in [2.24, 2.45) is 0 Å². The number of hydrogen-bond donors (Lipinski definition) is 4. The first-order valence-corrected chi connectivity index (χ1v) is 12.4. The molecular formula is C25H33Cl2N7O2. The Hall–Kier alpha value is -3.04. The number of imidazole rings is 1. The van der Waals surface area contributed by atoms with E-state index < -0.39 is 0 Å². The van der Waals surface area contributed by atoms with Crippen molar-refractivity contribution in [1.82, 2.24) is 25.1 Å². The van der Waals surface area contributed by atoms with E-state index in [9.17, 15) is 9.59 Å². The minimum Gasteiger partial charge on any atom is -0.398 e. The van der Waals surface area contributed by atoms with Crippen molar-refractivity contribution in [2.75, 3.05) is 18.8 Å². The molecule has 2 heterocycles. The van der Waals surface area contributed by atoms with Gasteiger partial charge in [-0.25, -0.2) is 4.98 Å². The van der Waals surface area contributed by atoms with E-state index in [2.05, 4.69) is 22.2 Å². The molecule has 5 N–H and O–H groups in total. The first-order valence-electron chi connectivity index (χ1n) is 11.7. The van der Waals surface area contributed by atoms with Crippen LogP contribution in [-0.2, 0) is 16.8 Å². The van der Waals surface area contributed by atoms with Crippen molar-refractivity contribution in [2.45, 2.75) is 58.7 Å². The predicted molar refractivity (Wildman–Crippen MR) is 144 cm³/mol. The van der Waals surface area contributed by atoms with Gasteiger partial charge in [-0.05, 0) is 43.0 Å². The number of likely N-dealkylation sites (tertiary alicyclic amines) is 1. The highest BCUT2D eigenvalue weighted by atomic mass is 35.5. The molecule has 2 aromatic rings. The van der Waals surface area contributed by atoms with Crippen molar-refractivity contribution in [1.29, 1.82) is 5.41 Å².